The topological polar surface area (TPSA) is 81.9 Å². The Morgan fingerprint density at radius 3 is 2.50 bits per heavy atom. The highest BCUT2D eigenvalue weighted by atomic mass is 16.6. The lowest BCUT2D eigenvalue weighted by Crippen LogP contribution is -2.26. The Balaban J connectivity index is 1.98. The van der Waals surface area contributed by atoms with E-state index in [-0.39, 0.29) is 24.6 Å². The number of carbonyl (C=O) groups excluding carboxylic acids is 1. The van der Waals surface area contributed by atoms with E-state index in [1.165, 1.54) is 24.1 Å². The van der Waals surface area contributed by atoms with Crippen molar-refractivity contribution in [1.29, 1.82) is 0 Å². The lowest BCUT2D eigenvalue weighted by Gasteiger charge is -2.17. The first-order valence-electron chi connectivity index (χ1n) is 7.24. The fourth-order valence-corrected chi connectivity index (χ4v) is 2.14. The van der Waals surface area contributed by atoms with Crippen molar-refractivity contribution in [3.63, 3.8) is 0 Å². The third-order valence-corrected chi connectivity index (χ3v) is 3.38. The van der Waals surface area contributed by atoms with E-state index >= 15 is 0 Å². The van der Waals surface area contributed by atoms with Gasteiger partial charge in [0.1, 0.15) is 6.61 Å². The van der Waals surface area contributed by atoms with Crippen LogP contribution in [-0.4, -0.2) is 30.1 Å². The molecule has 0 aliphatic rings. The summed E-state index contributed by atoms with van der Waals surface area (Å²) < 4.78 is 10.2. The van der Waals surface area contributed by atoms with E-state index in [0.29, 0.717) is 5.56 Å². The number of carbonyl (C=O) groups is 1. The molecule has 0 saturated heterocycles. The van der Waals surface area contributed by atoms with Gasteiger partial charge in [0.25, 0.3) is 0 Å². The number of benzene rings is 2. The molecule has 0 heterocycles. The Morgan fingerprint density at radius 2 is 1.88 bits per heavy atom. The van der Waals surface area contributed by atoms with Gasteiger partial charge in [-0.25, -0.2) is 4.79 Å². The molecule has 0 unspecified atom stereocenters. The van der Waals surface area contributed by atoms with Crippen molar-refractivity contribution in [2.45, 2.75) is 13.2 Å². The van der Waals surface area contributed by atoms with Gasteiger partial charge in [0.15, 0.2) is 5.75 Å². The average Bonchev–Trinajstić information content (AvgIpc) is 2.60. The summed E-state index contributed by atoms with van der Waals surface area (Å²) in [5.41, 5.74) is 1.36. The maximum atomic E-state index is 12.0. The summed E-state index contributed by atoms with van der Waals surface area (Å²) in [6, 6.07) is 13.9. The first-order chi connectivity index (χ1) is 11.5. The van der Waals surface area contributed by atoms with Crippen molar-refractivity contribution in [1.82, 2.24) is 4.90 Å². The molecule has 0 aliphatic carbocycles. The van der Waals surface area contributed by atoms with Crippen LogP contribution in [0.3, 0.4) is 0 Å². The number of nitrogens with zero attached hydrogens (tertiary/aromatic N) is 2. The number of ether oxygens (including phenoxy) is 2. The van der Waals surface area contributed by atoms with E-state index in [0.717, 1.165) is 5.56 Å². The summed E-state index contributed by atoms with van der Waals surface area (Å²) in [6.07, 6.45) is -0.502. The second-order valence-electron chi connectivity index (χ2n) is 5.16. The van der Waals surface area contributed by atoms with Crippen molar-refractivity contribution in [2.24, 2.45) is 0 Å². The number of rotatable bonds is 6. The highest BCUT2D eigenvalue weighted by molar-refractivity contribution is 5.67. The van der Waals surface area contributed by atoms with Crippen molar-refractivity contribution < 1.29 is 19.2 Å². The molecule has 1 amide bonds. The minimum atomic E-state index is -0.518. The van der Waals surface area contributed by atoms with Crippen LogP contribution in [0.4, 0.5) is 10.5 Å². The van der Waals surface area contributed by atoms with Crippen molar-refractivity contribution in [2.75, 3.05) is 14.2 Å². The largest absolute Gasteiger partial charge is 0.490 e. The lowest BCUT2D eigenvalue weighted by atomic mass is 10.2. The first-order valence-corrected chi connectivity index (χ1v) is 7.24. The van der Waals surface area contributed by atoms with Gasteiger partial charge in [-0.1, -0.05) is 36.4 Å². The van der Waals surface area contributed by atoms with Crippen LogP contribution in [0, 0.1) is 10.1 Å². The zero-order valence-corrected chi connectivity index (χ0v) is 13.5. The Hall–Kier alpha value is -3.09. The van der Waals surface area contributed by atoms with E-state index in [1.54, 1.807) is 13.1 Å². The van der Waals surface area contributed by atoms with E-state index in [4.69, 9.17) is 9.47 Å². The number of hydrogen-bond donors (Lipinski definition) is 0. The van der Waals surface area contributed by atoms with Gasteiger partial charge in [0.05, 0.1) is 12.0 Å². The molecule has 0 fully saturated rings. The molecule has 0 bridgehead atoms. The van der Waals surface area contributed by atoms with Gasteiger partial charge in [-0.15, -0.1) is 0 Å². The molecular formula is C17H18N2O5. The molecule has 126 valence electrons. The molecule has 0 saturated carbocycles. The highest BCUT2D eigenvalue weighted by Crippen LogP contribution is 2.27. The molecule has 24 heavy (non-hydrogen) atoms. The fraction of sp³-hybridized carbons (Fsp3) is 0.235. The van der Waals surface area contributed by atoms with Gasteiger partial charge in [-0.05, 0) is 17.2 Å². The third-order valence-electron chi connectivity index (χ3n) is 3.38. The Kier molecular flexibility index (Phi) is 5.73. The molecule has 0 aliphatic heterocycles. The second-order valence-corrected chi connectivity index (χ2v) is 5.16. The SMILES string of the molecule is COc1ccc(CN(C)C(=O)OCc2ccccc2)cc1[N+](=O)[O-]. The van der Waals surface area contributed by atoms with E-state index in [2.05, 4.69) is 0 Å². The normalized spacial score (nSPS) is 10.1. The number of hydrogen-bond acceptors (Lipinski definition) is 5. The van der Waals surface area contributed by atoms with Crippen molar-refractivity contribution in [3.05, 3.63) is 69.8 Å². The molecule has 0 atom stereocenters. The van der Waals surface area contributed by atoms with Crippen LogP contribution in [-0.2, 0) is 17.9 Å². The van der Waals surface area contributed by atoms with Crippen LogP contribution < -0.4 is 4.74 Å². The molecule has 7 nitrogen and oxygen atoms in total. The Morgan fingerprint density at radius 1 is 1.17 bits per heavy atom. The second kappa shape index (κ2) is 7.96. The van der Waals surface area contributed by atoms with Crippen molar-refractivity contribution >= 4 is 11.8 Å². The first kappa shape index (κ1) is 17.3. The van der Waals surface area contributed by atoms with Crippen LogP contribution in [0.5, 0.6) is 5.75 Å². The summed E-state index contributed by atoms with van der Waals surface area (Å²) >= 11 is 0. The van der Waals surface area contributed by atoms with Crippen LogP contribution in [0.25, 0.3) is 0 Å². The molecule has 2 aromatic carbocycles. The highest BCUT2D eigenvalue weighted by Gasteiger charge is 2.17. The monoisotopic (exact) mass is 330 g/mol. The zero-order valence-electron chi connectivity index (χ0n) is 13.5. The maximum Gasteiger partial charge on any atom is 0.410 e. The third kappa shape index (κ3) is 4.45. The summed E-state index contributed by atoms with van der Waals surface area (Å²) in [5, 5.41) is 11.0. The Labute approximate surface area is 139 Å². The average molecular weight is 330 g/mol. The van der Waals surface area contributed by atoms with Crippen LogP contribution >= 0.6 is 0 Å². The quantitative estimate of drug-likeness (QED) is 0.599. The summed E-state index contributed by atoms with van der Waals surface area (Å²) in [5.74, 6) is 0.179. The lowest BCUT2D eigenvalue weighted by molar-refractivity contribution is -0.385. The molecule has 0 radical (unpaired) electrons. The van der Waals surface area contributed by atoms with Crippen LogP contribution in [0.15, 0.2) is 48.5 Å². The van der Waals surface area contributed by atoms with Gasteiger partial charge in [-0.3, -0.25) is 10.1 Å². The molecule has 0 aromatic heterocycles. The number of methoxy groups -OCH3 is 1. The van der Waals surface area contributed by atoms with E-state index in [1.807, 2.05) is 30.3 Å². The van der Waals surface area contributed by atoms with Gasteiger partial charge < -0.3 is 14.4 Å². The van der Waals surface area contributed by atoms with E-state index < -0.39 is 11.0 Å². The molecule has 7 heteroatoms. The molecule has 0 N–H and O–H groups in total. The number of amides is 1. The summed E-state index contributed by atoms with van der Waals surface area (Å²) in [4.78, 5) is 23.9. The van der Waals surface area contributed by atoms with E-state index in [9.17, 15) is 14.9 Å². The predicted octanol–water partition coefficient (Wildman–Crippen LogP) is 3.37. The smallest absolute Gasteiger partial charge is 0.410 e. The molecule has 2 aromatic rings. The number of nitro groups is 1. The van der Waals surface area contributed by atoms with Gasteiger partial charge in [-0.2, -0.15) is 0 Å². The summed E-state index contributed by atoms with van der Waals surface area (Å²) in [6.45, 7) is 0.366. The fourth-order valence-electron chi connectivity index (χ4n) is 2.14. The minimum Gasteiger partial charge on any atom is -0.490 e. The van der Waals surface area contributed by atoms with Crippen LogP contribution in [0.2, 0.25) is 0 Å². The summed E-state index contributed by atoms with van der Waals surface area (Å²) in [7, 11) is 2.94. The minimum absolute atomic E-state index is 0.138. The zero-order chi connectivity index (χ0) is 17.5. The molecular weight excluding hydrogens is 312 g/mol. The van der Waals surface area contributed by atoms with Gasteiger partial charge in [0, 0.05) is 19.7 Å². The molecule has 2 rings (SSSR count). The van der Waals surface area contributed by atoms with Crippen LogP contribution in [0.1, 0.15) is 11.1 Å². The van der Waals surface area contributed by atoms with Crippen molar-refractivity contribution in [3.8, 4) is 5.75 Å². The maximum absolute atomic E-state index is 12.0. The standard InChI is InChI=1S/C17H18N2O5/c1-18(17(20)24-12-13-6-4-3-5-7-13)11-14-8-9-16(23-2)15(10-14)19(21)22/h3-10H,11-12H2,1-2H3. The molecule has 0 spiro atoms. The van der Waals surface area contributed by atoms with Gasteiger partial charge in [0.2, 0.25) is 0 Å². The van der Waals surface area contributed by atoms with Gasteiger partial charge >= 0.3 is 11.8 Å². The predicted molar refractivity (Wildman–Crippen MR) is 87.7 cm³/mol. The Bertz CT molecular complexity index is 718. The number of nitro benzene ring substituents is 1.